The fraction of sp³-hybridized carbons (Fsp3) is 0.429. The molecule has 0 fully saturated rings. The Labute approximate surface area is 129 Å². The average Bonchev–Trinajstić information content (AvgIpc) is 3.09. The van der Waals surface area contributed by atoms with E-state index in [0.717, 1.165) is 25.9 Å². The third-order valence-electron chi connectivity index (χ3n) is 2.66. The first-order valence-corrected chi connectivity index (χ1v) is 6.95. The van der Waals surface area contributed by atoms with Crippen molar-refractivity contribution in [2.45, 2.75) is 38.8 Å². The molecule has 0 saturated heterocycles. The highest BCUT2D eigenvalue weighted by Gasteiger charge is 1.93. The predicted molar refractivity (Wildman–Crippen MR) is 83.0 cm³/mol. The highest BCUT2D eigenvalue weighted by Crippen LogP contribution is 2.00. The molecule has 0 aliphatic rings. The SMILES string of the molecule is N#CCCCn1cc(N)cn1.N#CCCCn1cc(N)cn1. The van der Waals surface area contributed by atoms with Gasteiger partial charge in [-0.1, -0.05) is 0 Å². The Morgan fingerprint density at radius 3 is 1.55 bits per heavy atom. The van der Waals surface area contributed by atoms with E-state index in [2.05, 4.69) is 22.3 Å². The number of unbranched alkanes of at least 4 members (excludes halogenated alkanes) is 2. The van der Waals surface area contributed by atoms with Crippen LogP contribution in [0.3, 0.4) is 0 Å². The molecule has 0 aromatic carbocycles. The third kappa shape index (κ3) is 6.96. The van der Waals surface area contributed by atoms with E-state index in [0.29, 0.717) is 24.2 Å². The van der Waals surface area contributed by atoms with Crippen LogP contribution in [0.4, 0.5) is 11.4 Å². The van der Waals surface area contributed by atoms with Gasteiger partial charge in [-0.05, 0) is 12.8 Å². The number of hydrogen-bond donors (Lipinski definition) is 2. The lowest BCUT2D eigenvalue weighted by Gasteiger charge is -1.95. The van der Waals surface area contributed by atoms with Crippen LogP contribution in [0.15, 0.2) is 24.8 Å². The Bertz CT molecular complexity index is 572. The zero-order valence-corrected chi connectivity index (χ0v) is 12.4. The van der Waals surface area contributed by atoms with Crippen LogP contribution < -0.4 is 11.5 Å². The highest BCUT2D eigenvalue weighted by molar-refractivity contribution is 5.30. The number of nitrogens with zero attached hydrogens (tertiary/aromatic N) is 6. The van der Waals surface area contributed by atoms with Crippen molar-refractivity contribution in [1.29, 1.82) is 10.5 Å². The van der Waals surface area contributed by atoms with Gasteiger partial charge in [-0.15, -0.1) is 0 Å². The van der Waals surface area contributed by atoms with Gasteiger partial charge in [0.05, 0.1) is 35.9 Å². The second kappa shape index (κ2) is 9.83. The molecular formula is C14H20N8. The van der Waals surface area contributed by atoms with Crippen molar-refractivity contribution in [3.05, 3.63) is 24.8 Å². The molecule has 0 atom stereocenters. The van der Waals surface area contributed by atoms with Crippen LogP contribution in [0.25, 0.3) is 0 Å². The minimum absolute atomic E-state index is 0.569. The minimum atomic E-state index is 0.569. The van der Waals surface area contributed by atoms with E-state index in [4.69, 9.17) is 22.0 Å². The lowest BCUT2D eigenvalue weighted by molar-refractivity contribution is 0.586. The van der Waals surface area contributed by atoms with Gasteiger partial charge < -0.3 is 11.5 Å². The number of nitrogens with two attached hydrogens (primary N) is 2. The molecule has 2 rings (SSSR count). The van der Waals surface area contributed by atoms with Crippen LogP contribution in [0.2, 0.25) is 0 Å². The quantitative estimate of drug-likeness (QED) is 0.776. The summed E-state index contributed by atoms with van der Waals surface area (Å²) in [5.74, 6) is 0. The largest absolute Gasteiger partial charge is 0.396 e. The summed E-state index contributed by atoms with van der Waals surface area (Å²) in [6.45, 7) is 1.54. The van der Waals surface area contributed by atoms with E-state index in [1.807, 2.05) is 0 Å². The number of hydrogen-bond acceptors (Lipinski definition) is 6. The molecule has 0 bridgehead atoms. The standard InChI is InChI=1S/2C7H10N4/c2*8-3-1-2-4-11-6-7(9)5-10-11/h2*5-6H,1-2,4,9H2. The van der Waals surface area contributed by atoms with Gasteiger partial charge in [0.1, 0.15) is 0 Å². The second-order valence-electron chi connectivity index (χ2n) is 4.60. The van der Waals surface area contributed by atoms with Gasteiger partial charge in [-0.25, -0.2) is 0 Å². The molecule has 0 amide bonds. The molecule has 2 aromatic heterocycles. The minimum Gasteiger partial charge on any atom is -0.396 e. The lowest BCUT2D eigenvalue weighted by Crippen LogP contribution is -1.97. The highest BCUT2D eigenvalue weighted by atomic mass is 15.3. The zero-order chi connectivity index (χ0) is 16.2. The molecular weight excluding hydrogens is 280 g/mol. The van der Waals surface area contributed by atoms with Crippen molar-refractivity contribution in [3.63, 3.8) is 0 Å². The first kappa shape index (κ1) is 17.1. The molecule has 4 N–H and O–H groups in total. The number of aromatic nitrogens is 4. The topological polar surface area (TPSA) is 135 Å². The smallest absolute Gasteiger partial charge is 0.0719 e. The number of nitrogen functional groups attached to an aromatic ring is 2. The fourth-order valence-electron chi connectivity index (χ4n) is 1.64. The Hall–Kier alpha value is -3.00. The second-order valence-corrected chi connectivity index (χ2v) is 4.60. The van der Waals surface area contributed by atoms with Crippen LogP contribution in [-0.2, 0) is 13.1 Å². The number of aryl methyl sites for hydroxylation is 2. The molecule has 0 unspecified atom stereocenters. The molecule has 0 spiro atoms. The van der Waals surface area contributed by atoms with Gasteiger partial charge in [-0.2, -0.15) is 20.7 Å². The van der Waals surface area contributed by atoms with E-state index in [-0.39, 0.29) is 0 Å². The Kier molecular flexibility index (Phi) is 7.62. The van der Waals surface area contributed by atoms with Crippen LogP contribution in [0.5, 0.6) is 0 Å². The van der Waals surface area contributed by atoms with E-state index < -0.39 is 0 Å². The van der Waals surface area contributed by atoms with Crippen molar-refractivity contribution < 1.29 is 0 Å². The number of nitriles is 2. The normalized spacial score (nSPS) is 9.36. The van der Waals surface area contributed by atoms with Crippen molar-refractivity contribution >= 4 is 11.4 Å². The molecule has 2 heterocycles. The molecule has 0 aliphatic carbocycles. The third-order valence-corrected chi connectivity index (χ3v) is 2.66. The van der Waals surface area contributed by atoms with Crippen LogP contribution in [-0.4, -0.2) is 19.6 Å². The molecule has 2 aromatic rings. The summed E-state index contributed by atoms with van der Waals surface area (Å²) in [5.41, 5.74) is 12.2. The van der Waals surface area contributed by atoms with Gasteiger partial charge in [0.15, 0.2) is 0 Å². The maximum Gasteiger partial charge on any atom is 0.0719 e. The van der Waals surface area contributed by atoms with Gasteiger partial charge in [0.2, 0.25) is 0 Å². The zero-order valence-electron chi connectivity index (χ0n) is 12.4. The van der Waals surface area contributed by atoms with Crippen LogP contribution in [0.1, 0.15) is 25.7 Å². The van der Waals surface area contributed by atoms with E-state index in [1.54, 1.807) is 34.2 Å². The molecule has 0 radical (unpaired) electrons. The first-order chi connectivity index (χ1) is 10.7. The summed E-state index contributed by atoms with van der Waals surface area (Å²) in [4.78, 5) is 0. The summed E-state index contributed by atoms with van der Waals surface area (Å²) >= 11 is 0. The monoisotopic (exact) mass is 300 g/mol. The first-order valence-electron chi connectivity index (χ1n) is 6.95. The predicted octanol–water partition coefficient (Wildman–Crippen LogP) is 1.54. The Morgan fingerprint density at radius 2 is 1.27 bits per heavy atom. The summed E-state index contributed by atoms with van der Waals surface area (Å²) in [6, 6.07) is 4.14. The van der Waals surface area contributed by atoms with Gasteiger partial charge >= 0.3 is 0 Å². The van der Waals surface area contributed by atoms with E-state index in [1.165, 1.54) is 0 Å². The molecule has 0 aliphatic heterocycles. The van der Waals surface area contributed by atoms with Crippen LogP contribution in [0, 0.1) is 22.7 Å². The Balaban J connectivity index is 0.000000220. The van der Waals surface area contributed by atoms with Crippen molar-refractivity contribution in [2.75, 3.05) is 11.5 Å². The molecule has 8 heteroatoms. The fourth-order valence-corrected chi connectivity index (χ4v) is 1.64. The van der Waals surface area contributed by atoms with Crippen molar-refractivity contribution in [2.24, 2.45) is 0 Å². The summed E-state index contributed by atoms with van der Waals surface area (Å²) in [7, 11) is 0. The van der Waals surface area contributed by atoms with E-state index in [9.17, 15) is 0 Å². The maximum absolute atomic E-state index is 8.25. The summed E-state index contributed by atoms with van der Waals surface area (Å²) in [6.07, 6.45) is 9.53. The summed E-state index contributed by atoms with van der Waals surface area (Å²) in [5, 5.41) is 24.4. The Morgan fingerprint density at radius 1 is 0.864 bits per heavy atom. The van der Waals surface area contributed by atoms with Gasteiger partial charge in [0.25, 0.3) is 0 Å². The molecule has 0 saturated carbocycles. The lowest BCUT2D eigenvalue weighted by atomic mass is 10.3. The van der Waals surface area contributed by atoms with Crippen molar-refractivity contribution in [3.8, 4) is 12.1 Å². The molecule has 22 heavy (non-hydrogen) atoms. The average molecular weight is 300 g/mol. The number of rotatable bonds is 6. The maximum atomic E-state index is 8.25. The van der Waals surface area contributed by atoms with Gasteiger partial charge in [-0.3, -0.25) is 9.36 Å². The van der Waals surface area contributed by atoms with Crippen LogP contribution >= 0.6 is 0 Å². The van der Waals surface area contributed by atoms with E-state index >= 15 is 0 Å². The molecule has 8 nitrogen and oxygen atoms in total. The van der Waals surface area contributed by atoms with Crippen molar-refractivity contribution in [1.82, 2.24) is 19.6 Å². The molecule has 116 valence electrons. The number of anilines is 2. The van der Waals surface area contributed by atoms with Gasteiger partial charge in [0, 0.05) is 38.3 Å². The summed E-state index contributed by atoms with van der Waals surface area (Å²) < 4.78 is 3.49.